The van der Waals surface area contributed by atoms with Gasteiger partial charge in [0, 0.05) is 13.1 Å². The highest BCUT2D eigenvalue weighted by molar-refractivity contribution is 7.91. The standard InChI is InChI=1S/C5H12N2O2S/c6-7-2-1-4-10(8,9)5-3-7/h1-6H2. The second kappa shape index (κ2) is 2.86. The molecule has 0 unspecified atom stereocenters. The van der Waals surface area contributed by atoms with Crippen molar-refractivity contribution in [2.24, 2.45) is 5.84 Å². The van der Waals surface area contributed by atoms with E-state index in [1.807, 2.05) is 0 Å². The normalized spacial score (nSPS) is 27.7. The number of hydrogen-bond acceptors (Lipinski definition) is 4. The summed E-state index contributed by atoms with van der Waals surface area (Å²) in [6.45, 7) is 1.17. The molecule has 1 aliphatic rings. The maximum Gasteiger partial charge on any atom is 0.151 e. The highest BCUT2D eigenvalue weighted by atomic mass is 32.2. The molecule has 1 fully saturated rings. The number of nitrogens with zero attached hydrogens (tertiary/aromatic N) is 1. The molecule has 10 heavy (non-hydrogen) atoms. The van der Waals surface area contributed by atoms with Gasteiger partial charge in [0.1, 0.15) is 0 Å². The molecule has 1 rings (SSSR count). The van der Waals surface area contributed by atoms with Crippen LogP contribution in [0.2, 0.25) is 0 Å². The SMILES string of the molecule is NN1CCCS(=O)(=O)CC1. The summed E-state index contributed by atoms with van der Waals surface area (Å²) in [5.74, 6) is 5.93. The average Bonchev–Trinajstić information content (AvgIpc) is 1.94. The first kappa shape index (κ1) is 7.97. The summed E-state index contributed by atoms with van der Waals surface area (Å²) < 4.78 is 21.9. The second-order valence-corrected chi connectivity index (χ2v) is 4.84. The third-order valence-corrected chi connectivity index (χ3v) is 3.31. The maximum absolute atomic E-state index is 10.9. The molecule has 60 valence electrons. The minimum atomic E-state index is -2.77. The van der Waals surface area contributed by atoms with Gasteiger partial charge in [-0.05, 0) is 6.42 Å². The molecular formula is C5H12N2O2S. The van der Waals surface area contributed by atoms with Gasteiger partial charge in [0.15, 0.2) is 9.84 Å². The quantitative estimate of drug-likeness (QED) is 0.465. The molecule has 4 nitrogen and oxygen atoms in total. The van der Waals surface area contributed by atoms with Crippen LogP contribution in [-0.4, -0.2) is 38.0 Å². The van der Waals surface area contributed by atoms with Gasteiger partial charge in [-0.2, -0.15) is 0 Å². The second-order valence-electron chi connectivity index (χ2n) is 2.54. The summed E-state index contributed by atoms with van der Waals surface area (Å²) in [5, 5.41) is 1.56. The lowest BCUT2D eigenvalue weighted by Gasteiger charge is -2.09. The molecule has 0 aliphatic carbocycles. The molecule has 0 aromatic carbocycles. The molecule has 0 amide bonds. The lowest BCUT2D eigenvalue weighted by molar-refractivity contribution is 0.307. The van der Waals surface area contributed by atoms with Gasteiger partial charge in [0.25, 0.3) is 0 Å². The highest BCUT2D eigenvalue weighted by Gasteiger charge is 2.16. The minimum absolute atomic E-state index is 0.212. The first-order valence-corrected chi connectivity index (χ1v) is 5.12. The van der Waals surface area contributed by atoms with E-state index in [1.165, 1.54) is 0 Å². The summed E-state index contributed by atoms with van der Waals surface area (Å²) in [5.41, 5.74) is 0. The molecule has 1 heterocycles. The van der Waals surface area contributed by atoms with Crippen LogP contribution in [0.5, 0.6) is 0 Å². The van der Waals surface area contributed by atoms with Gasteiger partial charge in [-0.1, -0.05) is 0 Å². The largest absolute Gasteiger partial charge is 0.269 e. The zero-order valence-electron chi connectivity index (χ0n) is 5.78. The summed E-state index contributed by atoms with van der Waals surface area (Å²) in [4.78, 5) is 0. The Labute approximate surface area is 60.9 Å². The fraction of sp³-hybridized carbons (Fsp3) is 1.00. The predicted molar refractivity (Wildman–Crippen MR) is 39.0 cm³/mol. The fourth-order valence-corrected chi connectivity index (χ4v) is 2.24. The van der Waals surface area contributed by atoms with E-state index in [0.29, 0.717) is 25.3 Å². The van der Waals surface area contributed by atoms with E-state index in [4.69, 9.17) is 5.84 Å². The van der Waals surface area contributed by atoms with E-state index in [9.17, 15) is 8.42 Å². The Morgan fingerprint density at radius 2 is 1.90 bits per heavy atom. The van der Waals surface area contributed by atoms with Crippen LogP contribution >= 0.6 is 0 Å². The summed E-state index contributed by atoms with van der Waals surface area (Å²) in [6.07, 6.45) is 0.666. The molecule has 1 saturated heterocycles. The van der Waals surface area contributed by atoms with Crippen LogP contribution in [0.15, 0.2) is 0 Å². The van der Waals surface area contributed by atoms with Crippen molar-refractivity contribution in [3.63, 3.8) is 0 Å². The monoisotopic (exact) mass is 164 g/mol. The average molecular weight is 164 g/mol. The van der Waals surface area contributed by atoms with Crippen molar-refractivity contribution in [1.29, 1.82) is 0 Å². The Hall–Kier alpha value is -0.130. The van der Waals surface area contributed by atoms with Crippen molar-refractivity contribution in [3.8, 4) is 0 Å². The Balaban J connectivity index is 2.58. The Morgan fingerprint density at radius 1 is 1.20 bits per heavy atom. The molecule has 0 spiro atoms. The number of nitrogens with two attached hydrogens (primary N) is 1. The molecule has 0 aromatic rings. The van der Waals surface area contributed by atoms with Crippen LogP contribution in [-0.2, 0) is 9.84 Å². The van der Waals surface area contributed by atoms with E-state index >= 15 is 0 Å². The Bertz CT molecular complexity index is 200. The molecule has 2 N–H and O–H groups in total. The van der Waals surface area contributed by atoms with Crippen LogP contribution < -0.4 is 5.84 Å². The zero-order chi connectivity index (χ0) is 7.61. The van der Waals surface area contributed by atoms with Crippen LogP contribution in [0.1, 0.15) is 6.42 Å². The summed E-state index contributed by atoms with van der Waals surface area (Å²) >= 11 is 0. The van der Waals surface area contributed by atoms with Crippen molar-refractivity contribution >= 4 is 9.84 Å². The van der Waals surface area contributed by atoms with Gasteiger partial charge < -0.3 is 0 Å². The van der Waals surface area contributed by atoms with Crippen LogP contribution in [0.4, 0.5) is 0 Å². The molecule has 0 atom stereocenters. The van der Waals surface area contributed by atoms with Gasteiger partial charge in [0.2, 0.25) is 0 Å². The number of sulfone groups is 1. The molecule has 0 bridgehead atoms. The summed E-state index contributed by atoms with van der Waals surface area (Å²) in [7, 11) is -2.77. The maximum atomic E-state index is 10.9. The third kappa shape index (κ3) is 2.24. The van der Waals surface area contributed by atoms with Crippen molar-refractivity contribution < 1.29 is 8.42 Å². The van der Waals surface area contributed by atoms with Crippen LogP contribution in [0, 0.1) is 0 Å². The third-order valence-electron chi connectivity index (χ3n) is 1.59. The molecule has 0 saturated carbocycles. The molecule has 5 heteroatoms. The Kier molecular flexibility index (Phi) is 2.28. The van der Waals surface area contributed by atoms with E-state index in [-0.39, 0.29) is 5.75 Å². The predicted octanol–water partition coefficient (Wildman–Crippen LogP) is -1.02. The molecule has 1 aliphatic heterocycles. The van der Waals surface area contributed by atoms with Gasteiger partial charge in [-0.15, -0.1) is 0 Å². The van der Waals surface area contributed by atoms with Crippen molar-refractivity contribution in [2.45, 2.75) is 6.42 Å². The van der Waals surface area contributed by atoms with E-state index < -0.39 is 9.84 Å². The van der Waals surface area contributed by atoms with Crippen molar-refractivity contribution in [1.82, 2.24) is 5.01 Å². The molecule has 0 radical (unpaired) electrons. The van der Waals surface area contributed by atoms with Crippen molar-refractivity contribution in [3.05, 3.63) is 0 Å². The Morgan fingerprint density at radius 3 is 2.60 bits per heavy atom. The topological polar surface area (TPSA) is 63.4 Å². The zero-order valence-corrected chi connectivity index (χ0v) is 6.60. The van der Waals surface area contributed by atoms with Gasteiger partial charge in [-0.3, -0.25) is 5.84 Å². The van der Waals surface area contributed by atoms with E-state index in [1.54, 1.807) is 5.01 Å². The fourth-order valence-electron chi connectivity index (χ4n) is 0.958. The van der Waals surface area contributed by atoms with Gasteiger partial charge in [0.05, 0.1) is 11.5 Å². The number of hydrazine groups is 1. The van der Waals surface area contributed by atoms with E-state index in [2.05, 4.69) is 0 Å². The number of hydrogen-bond donors (Lipinski definition) is 1. The smallest absolute Gasteiger partial charge is 0.151 e. The lowest BCUT2D eigenvalue weighted by atomic mass is 10.5. The summed E-state index contributed by atoms with van der Waals surface area (Å²) in [6, 6.07) is 0. The molecule has 0 aromatic heterocycles. The highest BCUT2D eigenvalue weighted by Crippen LogP contribution is 2.00. The van der Waals surface area contributed by atoms with Crippen LogP contribution in [0.25, 0.3) is 0 Å². The lowest BCUT2D eigenvalue weighted by Crippen LogP contribution is -2.33. The van der Waals surface area contributed by atoms with Gasteiger partial charge >= 0.3 is 0 Å². The first-order chi connectivity index (χ1) is 4.60. The number of rotatable bonds is 0. The van der Waals surface area contributed by atoms with E-state index in [0.717, 1.165) is 0 Å². The first-order valence-electron chi connectivity index (χ1n) is 3.30. The van der Waals surface area contributed by atoms with Crippen LogP contribution in [0.3, 0.4) is 0 Å². The van der Waals surface area contributed by atoms with Crippen molar-refractivity contribution in [2.75, 3.05) is 24.6 Å². The molecular weight excluding hydrogens is 152 g/mol. The van der Waals surface area contributed by atoms with Gasteiger partial charge in [-0.25, -0.2) is 13.4 Å². The minimum Gasteiger partial charge on any atom is -0.269 e.